The lowest BCUT2D eigenvalue weighted by Gasteiger charge is -2.29. The first kappa shape index (κ1) is 28.3. The molecule has 0 radical (unpaired) electrons. The Labute approximate surface area is 212 Å². The van der Waals surface area contributed by atoms with Gasteiger partial charge in [-0.05, 0) is 18.9 Å². The molecule has 206 valence electrons. The summed E-state index contributed by atoms with van der Waals surface area (Å²) in [5.41, 5.74) is 12.2. The molecule has 1 fully saturated rings. The zero-order valence-corrected chi connectivity index (χ0v) is 19.9. The summed E-state index contributed by atoms with van der Waals surface area (Å²) in [4.78, 5) is 38.0. The number of carboxylic acid groups (broad SMARTS) is 1. The zero-order chi connectivity index (χ0) is 28.0. The highest BCUT2D eigenvalue weighted by Crippen LogP contribution is 2.22. The molecule has 0 unspecified atom stereocenters. The third-order valence-corrected chi connectivity index (χ3v) is 5.58. The summed E-state index contributed by atoms with van der Waals surface area (Å²) < 4.78 is 34.6. The first-order chi connectivity index (χ1) is 17.9. The molecule has 17 heteroatoms. The van der Waals surface area contributed by atoms with Crippen molar-refractivity contribution in [3.8, 4) is 0 Å². The highest BCUT2D eigenvalue weighted by atomic mass is 19.4. The van der Waals surface area contributed by atoms with Gasteiger partial charge in [-0.1, -0.05) is 12.8 Å². The summed E-state index contributed by atoms with van der Waals surface area (Å²) >= 11 is 0. The number of anilines is 2. The van der Waals surface area contributed by atoms with Gasteiger partial charge in [0.2, 0.25) is 0 Å². The van der Waals surface area contributed by atoms with E-state index in [-0.39, 0.29) is 42.2 Å². The Hall–Kier alpha value is -4.25. The lowest BCUT2D eigenvalue weighted by Crippen LogP contribution is -2.42. The van der Waals surface area contributed by atoms with Gasteiger partial charge in [0.05, 0.1) is 25.0 Å². The zero-order valence-electron chi connectivity index (χ0n) is 19.9. The van der Waals surface area contributed by atoms with Crippen LogP contribution in [0.2, 0.25) is 0 Å². The number of rotatable bonds is 7. The van der Waals surface area contributed by atoms with Crippen LogP contribution in [0.15, 0.2) is 24.7 Å². The molecule has 0 aliphatic heterocycles. The van der Waals surface area contributed by atoms with E-state index in [1.165, 1.54) is 21.6 Å². The Morgan fingerprint density at radius 1 is 1.21 bits per heavy atom. The van der Waals surface area contributed by atoms with Gasteiger partial charge >= 0.3 is 12.1 Å². The van der Waals surface area contributed by atoms with E-state index in [9.17, 15) is 22.8 Å². The number of halogens is 3. The predicted molar refractivity (Wildman–Crippen MR) is 126 cm³/mol. The van der Waals surface area contributed by atoms with Gasteiger partial charge < -0.3 is 32.3 Å². The van der Waals surface area contributed by atoms with Crippen molar-refractivity contribution in [2.24, 2.45) is 11.5 Å². The van der Waals surface area contributed by atoms with E-state index in [4.69, 9.17) is 26.5 Å². The minimum absolute atomic E-state index is 0.0575. The van der Waals surface area contributed by atoms with E-state index >= 15 is 0 Å². The second kappa shape index (κ2) is 11.9. The average molecular weight is 541 g/mol. The Balaban J connectivity index is 0.000000505. The van der Waals surface area contributed by atoms with Gasteiger partial charge in [0.25, 0.3) is 11.8 Å². The summed E-state index contributed by atoms with van der Waals surface area (Å²) in [5.74, 6) is -3.45. The number of alkyl halides is 3. The minimum Gasteiger partial charge on any atom is -0.475 e. The maximum absolute atomic E-state index is 12.9. The Morgan fingerprint density at radius 2 is 1.89 bits per heavy atom. The van der Waals surface area contributed by atoms with Crippen LogP contribution in [-0.2, 0) is 11.3 Å². The van der Waals surface area contributed by atoms with Crippen molar-refractivity contribution in [1.82, 2.24) is 24.4 Å². The molecule has 2 atom stereocenters. The summed E-state index contributed by atoms with van der Waals surface area (Å²) in [5, 5.41) is 30.4. The highest BCUT2D eigenvalue weighted by molar-refractivity contribution is 6.10. The molecule has 1 saturated carbocycles. The topological polar surface area (TPSA) is 216 Å². The van der Waals surface area contributed by atoms with E-state index < -0.39 is 24.0 Å². The Kier molecular flexibility index (Phi) is 8.84. The summed E-state index contributed by atoms with van der Waals surface area (Å²) in [6, 6.07) is 1.97. The quantitative estimate of drug-likeness (QED) is 0.245. The molecule has 14 nitrogen and oxygen atoms in total. The third-order valence-electron chi connectivity index (χ3n) is 5.58. The van der Waals surface area contributed by atoms with E-state index in [1.54, 1.807) is 12.3 Å². The number of nitrogens with one attached hydrogen (secondary N) is 2. The van der Waals surface area contributed by atoms with Crippen molar-refractivity contribution in [1.29, 1.82) is 0 Å². The second-order valence-corrected chi connectivity index (χ2v) is 8.34. The van der Waals surface area contributed by atoms with Crippen molar-refractivity contribution < 1.29 is 37.8 Å². The normalized spacial score (nSPS) is 17.4. The maximum atomic E-state index is 12.9. The van der Waals surface area contributed by atoms with Gasteiger partial charge in [0, 0.05) is 24.5 Å². The number of fused-ring (bicyclic) bond motifs is 1. The van der Waals surface area contributed by atoms with E-state index in [1.807, 2.05) is 0 Å². The summed E-state index contributed by atoms with van der Waals surface area (Å²) in [6.07, 6.45) is 3.63. The molecule has 38 heavy (non-hydrogen) atoms. The minimum atomic E-state index is -5.08. The van der Waals surface area contributed by atoms with Crippen LogP contribution in [0.4, 0.5) is 24.7 Å². The molecule has 1 aliphatic rings. The van der Waals surface area contributed by atoms with Gasteiger partial charge in [0.1, 0.15) is 11.4 Å². The predicted octanol–water partition coefficient (Wildman–Crippen LogP) is 0.584. The molecule has 4 rings (SSSR count). The van der Waals surface area contributed by atoms with Gasteiger partial charge in [-0.3, -0.25) is 14.3 Å². The van der Waals surface area contributed by atoms with Crippen LogP contribution in [-0.4, -0.2) is 77.2 Å². The number of hydrogen-bond acceptors (Lipinski definition) is 9. The van der Waals surface area contributed by atoms with E-state index in [0.717, 1.165) is 25.7 Å². The smallest absolute Gasteiger partial charge is 0.475 e. The Morgan fingerprint density at radius 3 is 2.50 bits per heavy atom. The summed E-state index contributed by atoms with van der Waals surface area (Å²) in [6.45, 7) is -0.0155. The lowest BCUT2D eigenvalue weighted by atomic mass is 9.91. The van der Waals surface area contributed by atoms with Gasteiger partial charge in [-0.25, -0.2) is 14.3 Å². The summed E-state index contributed by atoms with van der Waals surface area (Å²) in [7, 11) is 0. The molecule has 2 amide bonds. The van der Waals surface area contributed by atoms with Crippen molar-refractivity contribution in [2.75, 3.05) is 17.2 Å². The van der Waals surface area contributed by atoms with E-state index in [0.29, 0.717) is 11.5 Å². The molecule has 0 saturated heterocycles. The molecular formula is C21H26F3N9O5. The number of carbonyl (C=O) groups excluding carboxylic acids is 2. The van der Waals surface area contributed by atoms with Gasteiger partial charge in [-0.2, -0.15) is 23.4 Å². The molecule has 3 heterocycles. The van der Waals surface area contributed by atoms with Crippen LogP contribution in [0.1, 0.15) is 46.5 Å². The number of nitrogens with two attached hydrogens (primary N) is 2. The van der Waals surface area contributed by atoms with Gasteiger partial charge in [0.15, 0.2) is 11.3 Å². The third kappa shape index (κ3) is 6.94. The number of aliphatic carboxylic acids is 1. The van der Waals surface area contributed by atoms with Crippen molar-refractivity contribution in [3.63, 3.8) is 0 Å². The number of aromatic nitrogens is 5. The van der Waals surface area contributed by atoms with Crippen LogP contribution in [0.5, 0.6) is 0 Å². The van der Waals surface area contributed by atoms with Crippen molar-refractivity contribution >= 4 is 34.9 Å². The number of primary amides is 1. The van der Waals surface area contributed by atoms with Crippen LogP contribution < -0.4 is 22.1 Å². The van der Waals surface area contributed by atoms with E-state index in [2.05, 4.69) is 25.8 Å². The van der Waals surface area contributed by atoms with Crippen LogP contribution in [0.3, 0.4) is 0 Å². The number of aliphatic hydroxyl groups is 1. The molecule has 8 N–H and O–H groups in total. The molecule has 0 aromatic carbocycles. The largest absolute Gasteiger partial charge is 0.490 e. The fourth-order valence-electron chi connectivity index (χ4n) is 3.74. The van der Waals surface area contributed by atoms with Crippen LogP contribution >= 0.6 is 0 Å². The first-order valence-corrected chi connectivity index (χ1v) is 11.4. The van der Waals surface area contributed by atoms with Gasteiger partial charge in [-0.15, -0.1) is 0 Å². The molecule has 0 spiro atoms. The maximum Gasteiger partial charge on any atom is 0.490 e. The average Bonchev–Trinajstić information content (AvgIpc) is 3.44. The first-order valence-electron chi connectivity index (χ1n) is 11.4. The number of nitrogens with zero attached hydrogens (tertiary/aromatic N) is 5. The monoisotopic (exact) mass is 541 g/mol. The molecule has 3 aromatic rings. The SMILES string of the molecule is NC(=O)c1nn(CCO)cc1NC(=O)c1cnn2ccc(N[C@@H]3CCCC[C@@H]3N)nc12.O=C(O)C(F)(F)F. The molecule has 3 aromatic heterocycles. The van der Waals surface area contributed by atoms with Crippen molar-refractivity contribution in [2.45, 2.75) is 50.5 Å². The standard InChI is InChI=1S/C19H25N9O3.C2HF3O2/c20-12-3-1-2-4-13(12)23-15-5-6-28-18(25-15)11(9-22-28)19(31)24-14-10-27(7-8-29)26-16(14)17(21)30;3-2(4,5)1(6)7/h5-6,9-10,12-13,29H,1-4,7-8,20H2,(H2,21,30)(H,23,25)(H,24,31);(H,6,7)/t12-,13+;/m0./s1. The highest BCUT2D eigenvalue weighted by Gasteiger charge is 2.38. The number of carbonyl (C=O) groups is 3. The number of amides is 2. The fraction of sp³-hybridized carbons (Fsp3) is 0.429. The number of carboxylic acids is 1. The molecule has 0 bridgehead atoms. The van der Waals surface area contributed by atoms with Crippen molar-refractivity contribution in [3.05, 3.63) is 35.9 Å². The Bertz CT molecular complexity index is 1310. The lowest BCUT2D eigenvalue weighted by molar-refractivity contribution is -0.192. The second-order valence-electron chi connectivity index (χ2n) is 8.34. The molecule has 1 aliphatic carbocycles. The fourth-order valence-corrected chi connectivity index (χ4v) is 3.74. The molecular weight excluding hydrogens is 515 g/mol. The number of aliphatic hydroxyl groups excluding tert-OH is 1. The van der Waals surface area contributed by atoms with Crippen LogP contribution in [0, 0.1) is 0 Å². The van der Waals surface area contributed by atoms with Crippen LogP contribution in [0.25, 0.3) is 5.65 Å². The number of hydrogen-bond donors (Lipinski definition) is 6.